The average molecular weight is 368 g/mol. The van der Waals surface area contributed by atoms with Crippen molar-refractivity contribution in [3.05, 3.63) is 65.2 Å². The molecule has 0 fully saturated rings. The van der Waals surface area contributed by atoms with Gasteiger partial charge in [-0.05, 0) is 69.2 Å². The first-order chi connectivity index (χ1) is 12.6. The van der Waals surface area contributed by atoms with Crippen LogP contribution in [-0.2, 0) is 11.2 Å². The topological polar surface area (TPSA) is 95.5 Å². The number of rotatable bonds is 6. The molecule has 2 aromatic rings. The Hall–Kier alpha value is -3.15. The van der Waals surface area contributed by atoms with Crippen LogP contribution in [0.3, 0.4) is 0 Å². The van der Waals surface area contributed by atoms with Crippen molar-refractivity contribution in [2.24, 2.45) is 0 Å². The number of aromatic carboxylic acids is 1. The minimum atomic E-state index is -0.973. The summed E-state index contributed by atoms with van der Waals surface area (Å²) in [6, 6.07) is 13.2. The second kappa shape index (κ2) is 8.49. The lowest BCUT2D eigenvalue weighted by Gasteiger charge is -2.20. The highest BCUT2D eigenvalue weighted by Gasteiger charge is 2.15. The van der Waals surface area contributed by atoms with Gasteiger partial charge in [-0.25, -0.2) is 4.79 Å². The minimum absolute atomic E-state index is 0.149. The number of anilines is 1. The van der Waals surface area contributed by atoms with Crippen molar-refractivity contribution < 1.29 is 19.5 Å². The molecule has 27 heavy (non-hydrogen) atoms. The first-order valence-corrected chi connectivity index (χ1v) is 8.69. The zero-order chi connectivity index (χ0) is 20.0. The summed E-state index contributed by atoms with van der Waals surface area (Å²) in [5.74, 6) is -1.28. The predicted octanol–water partition coefficient (Wildman–Crippen LogP) is 3.48. The smallest absolute Gasteiger partial charge is 0.335 e. The zero-order valence-corrected chi connectivity index (χ0v) is 15.7. The molecule has 0 aromatic heterocycles. The molecule has 0 heterocycles. The number of nitrogens with one attached hydrogen (secondary N) is 2. The molecule has 0 spiro atoms. The summed E-state index contributed by atoms with van der Waals surface area (Å²) in [5.41, 5.74) is 1.95. The second-order valence-electron chi connectivity index (χ2n) is 7.33. The van der Waals surface area contributed by atoms with Crippen LogP contribution in [0.25, 0.3) is 0 Å². The largest absolute Gasteiger partial charge is 0.478 e. The van der Waals surface area contributed by atoms with E-state index in [4.69, 9.17) is 5.11 Å². The Morgan fingerprint density at radius 1 is 0.889 bits per heavy atom. The van der Waals surface area contributed by atoms with Crippen molar-refractivity contribution >= 4 is 23.5 Å². The van der Waals surface area contributed by atoms with E-state index in [0.717, 1.165) is 5.56 Å². The number of carboxylic acids is 1. The molecule has 0 saturated heterocycles. The number of aryl methyl sites for hydroxylation is 1. The average Bonchev–Trinajstić information content (AvgIpc) is 2.59. The number of hydrogen-bond donors (Lipinski definition) is 3. The third kappa shape index (κ3) is 6.58. The van der Waals surface area contributed by atoms with Crippen LogP contribution in [0.15, 0.2) is 48.5 Å². The van der Waals surface area contributed by atoms with Crippen molar-refractivity contribution in [2.75, 3.05) is 5.32 Å². The maximum Gasteiger partial charge on any atom is 0.335 e. The van der Waals surface area contributed by atoms with Crippen molar-refractivity contribution in [2.45, 2.75) is 39.2 Å². The van der Waals surface area contributed by atoms with E-state index in [2.05, 4.69) is 10.6 Å². The molecule has 0 aliphatic heterocycles. The van der Waals surface area contributed by atoms with Gasteiger partial charge in [-0.3, -0.25) is 9.59 Å². The fourth-order valence-electron chi connectivity index (χ4n) is 2.41. The molecule has 0 aliphatic carbocycles. The lowest BCUT2D eigenvalue weighted by molar-refractivity contribution is -0.116. The summed E-state index contributed by atoms with van der Waals surface area (Å²) in [6.45, 7) is 5.73. The van der Waals surface area contributed by atoms with Crippen molar-refractivity contribution in [3.63, 3.8) is 0 Å². The third-order valence-electron chi connectivity index (χ3n) is 3.76. The van der Waals surface area contributed by atoms with E-state index >= 15 is 0 Å². The van der Waals surface area contributed by atoms with Crippen LogP contribution < -0.4 is 10.6 Å². The summed E-state index contributed by atoms with van der Waals surface area (Å²) in [7, 11) is 0. The number of benzene rings is 2. The van der Waals surface area contributed by atoms with E-state index < -0.39 is 5.97 Å². The molecule has 0 unspecified atom stereocenters. The van der Waals surface area contributed by atoms with Crippen LogP contribution in [0.2, 0.25) is 0 Å². The maximum absolute atomic E-state index is 12.1. The van der Waals surface area contributed by atoms with Gasteiger partial charge in [0, 0.05) is 23.2 Å². The molecule has 2 aromatic carbocycles. The van der Waals surface area contributed by atoms with Crippen LogP contribution >= 0.6 is 0 Å². The van der Waals surface area contributed by atoms with E-state index in [1.54, 1.807) is 36.4 Å². The molecule has 142 valence electrons. The van der Waals surface area contributed by atoms with Crippen LogP contribution in [0, 0.1) is 0 Å². The molecule has 6 heteroatoms. The Bertz CT molecular complexity index is 819. The van der Waals surface area contributed by atoms with Crippen LogP contribution in [-0.4, -0.2) is 28.4 Å². The highest BCUT2D eigenvalue weighted by atomic mass is 16.4. The van der Waals surface area contributed by atoms with E-state index in [-0.39, 0.29) is 29.3 Å². The Kier molecular flexibility index (Phi) is 6.34. The van der Waals surface area contributed by atoms with Gasteiger partial charge < -0.3 is 15.7 Å². The summed E-state index contributed by atoms with van der Waals surface area (Å²) in [4.78, 5) is 35.0. The van der Waals surface area contributed by atoms with Gasteiger partial charge in [0.15, 0.2) is 0 Å². The molecule has 3 N–H and O–H groups in total. The first kappa shape index (κ1) is 20.2. The highest BCUT2D eigenvalue weighted by molar-refractivity contribution is 5.96. The summed E-state index contributed by atoms with van der Waals surface area (Å²) >= 11 is 0. The zero-order valence-electron chi connectivity index (χ0n) is 15.7. The van der Waals surface area contributed by atoms with Gasteiger partial charge in [-0.1, -0.05) is 12.1 Å². The molecule has 2 rings (SSSR count). The van der Waals surface area contributed by atoms with Gasteiger partial charge in [0.2, 0.25) is 5.91 Å². The summed E-state index contributed by atoms with van der Waals surface area (Å²) in [6.07, 6.45) is 0.788. The Balaban J connectivity index is 1.86. The SMILES string of the molecule is CC(C)(C)NC(=O)c1ccc(NC(=O)CCc2ccc(C(=O)O)cc2)cc1. The number of carbonyl (C=O) groups excluding carboxylic acids is 2. The summed E-state index contributed by atoms with van der Waals surface area (Å²) < 4.78 is 0. The van der Waals surface area contributed by atoms with Gasteiger partial charge in [0.25, 0.3) is 5.91 Å². The molecule has 0 atom stereocenters. The van der Waals surface area contributed by atoms with Gasteiger partial charge >= 0.3 is 5.97 Å². The van der Waals surface area contributed by atoms with Crippen molar-refractivity contribution in [3.8, 4) is 0 Å². The van der Waals surface area contributed by atoms with Crippen LogP contribution in [0.1, 0.15) is 53.5 Å². The fourth-order valence-corrected chi connectivity index (χ4v) is 2.41. The predicted molar refractivity (Wildman–Crippen MR) is 104 cm³/mol. The minimum Gasteiger partial charge on any atom is -0.478 e. The van der Waals surface area contributed by atoms with Gasteiger partial charge in [-0.2, -0.15) is 0 Å². The number of amides is 2. The molecule has 0 radical (unpaired) electrons. The Morgan fingerprint density at radius 2 is 1.44 bits per heavy atom. The van der Waals surface area contributed by atoms with Gasteiger partial charge in [0.05, 0.1) is 5.56 Å². The first-order valence-electron chi connectivity index (χ1n) is 8.69. The van der Waals surface area contributed by atoms with Crippen LogP contribution in [0.5, 0.6) is 0 Å². The van der Waals surface area contributed by atoms with Crippen molar-refractivity contribution in [1.82, 2.24) is 5.32 Å². The van der Waals surface area contributed by atoms with Crippen molar-refractivity contribution in [1.29, 1.82) is 0 Å². The second-order valence-corrected chi connectivity index (χ2v) is 7.33. The third-order valence-corrected chi connectivity index (χ3v) is 3.76. The number of hydrogen-bond acceptors (Lipinski definition) is 3. The lowest BCUT2D eigenvalue weighted by atomic mass is 10.1. The van der Waals surface area contributed by atoms with Crippen LogP contribution in [0.4, 0.5) is 5.69 Å². The quantitative estimate of drug-likeness (QED) is 0.727. The molecule has 0 aliphatic rings. The fraction of sp³-hybridized carbons (Fsp3) is 0.286. The van der Waals surface area contributed by atoms with E-state index in [9.17, 15) is 14.4 Å². The lowest BCUT2D eigenvalue weighted by Crippen LogP contribution is -2.40. The Labute approximate surface area is 158 Å². The van der Waals surface area contributed by atoms with E-state index in [1.165, 1.54) is 12.1 Å². The molecule has 6 nitrogen and oxygen atoms in total. The summed E-state index contributed by atoms with van der Waals surface area (Å²) in [5, 5.41) is 14.6. The molecule has 2 amide bonds. The van der Waals surface area contributed by atoms with E-state index in [0.29, 0.717) is 17.7 Å². The van der Waals surface area contributed by atoms with Gasteiger partial charge in [0.1, 0.15) is 0 Å². The number of carbonyl (C=O) groups is 3. The molecular formula is C21H24N2O4. The normalized spacial score (nSPS) is 10.9. The molecule has 0 saturated carbocycles. The Morgan fingerprint density at radius 3 is 1.96 bits per heavy atom. The van der Waals surface area contributed by atoms with E-state index in [1.807, 2.05) is 20.8 Å². The molecular weight excluding hydrogens is 344 g/mol. The highest BCUT2D eigenvalue weighted by Crippen LogP contribution is 2.12. The molecule has 0 bridgehead atoms. The monoisotopic (exact) mass is 368 g/mol. The van der Waals surface area contributed by atoms with Gasteiger partial charge in [-0.15, -0.1) is 0 Å². The maximum atomic E-state index is 12.1. The number of carboxylic acid groups (broad SMARTS) is 1. The standard InChI is InChI=1S/C21H24N2O4/c1-21(2,3)23-19(25)15-9-11-17(12-10-15)22-18(24)13-6-14-4-7-16(8-5-14)20(26)27/h4-5,7-12H,6,13H2,1-3H3,(H,22,24)(H,23,25)(H,26,27).